The summed E-state index contributed by atoms with van der Waals surface area (Å²) in [5, 5.41) is 0. The van der Waals surface area contributed by atoms with Crippen LogP contribution in [0.5, 0.6) is 0 Å². The number of likely N-dealkylation sites (tertiary alicyclic amines) is 1. The third kappa shape index (κ3) is 5.95. The van der Waals surface area contributed by atoms with Gasteiger partial charge in [-0.2, -0.15) is 0 Å². The maximum absolute atomic E-state index is 13.2. The number of aryl methyl sites for hydroxylation is 1. The van der Waals surface area contributed by atoms with Crippen LogP contribution < -0.4 is 0 Å². The van der Waals surface area contributed by atoms with E-state index in [2.05, 4.69) is 18.8 Å². The van der Waals surface area contributed by atoms with Gasteiger partial charge in [0, 0.05) is 37.4 Å². The van der Waals surface area contributed by atoms with Crippen molar-refractivity contribution >= 4 is 17.7 Å². The van der Waals surface area contributed by atoms with Gasteiger partial charge in [-0.25, -0.2) is 4.79 Å². The second kappa shape index (κ2) is 11.5. The number of carbonyl (C=O) groups excluding carboxylic acids is 3. The van der Waals surface area contributed by atoms with Crippen LogP contribution in [0, 0.1) is 25.7 Å². The highest BCUT2D eigenvalue weighted by molar-refractivity contribution is 6.01. The van der Waals surface area contributed by atoms with Crippen molar-refractivity contribution in [3.63, 3.8) is 0 Å². The number of ether oxygens (including phenoxy) is 2. The van der Waals surface area contributed by atoms with E-state index in [1.165, 1.54) is 12.7 Å². The van der Waals surface area contributed by atoms with Crippen molar-refractivity contribution in [3.8, 4) is 0 Å². The molecular weight excluding hydrogens is 432 g/mol. The first-order valence-electron chi connectivity index (χ1n) is 12.0. The van der Waals surface area contributed by atoms with Crippen LogP contribution in [-0.4, -0.2) is 61.0 Å². The Bertz CT molecular complexity index is 1010. The molecule has 1 fully saturated rings. The minimum atomic E-state index is -0.467. The van der Waals surface area contributed by atoms with E-state index in [1.807, 2.05) is 24.3 Å². The predicted molar refractivity (Wildman–Crippen MR) is 130 cm³/mol. The fourth-order valence-electron chi connectivity index (χ4n) is 4.58. The largest absolute Gasteiger partial charge is 0.460 e. The maximum atomic E-state index is 13.2. The number of nitrogens with one attached hydrogen (secondary N) is 1. The standard InChI is InChI=1S/C27H36N2O5/c1-17(2)16-20-6-8-21(9-7-20)25(30)22-10-12-29(13-11-22)26(31)24-18(3)23(19(4)28-24)27(32)34-15-14-33-5/h6-9,17,22,28H,10-16H2,1-5H3. The Balaban J connectivity index is 1.61. The molecule has 7 nitrogen and oxygen atoms in total. The van der Waals surface area contributed by atoms with Crippen LogP contribution in [0.3, 0.4) is 0 Å². The van der Waals surface area contributed by atoms with Gasteiger partial charge >= 0.3 is 5.97 Å². The molecule has 1 saturated heterocycles. The molecule has 1 amide bonds. The summed E-state index contributed by atoms with van der Waals surface area (Å²) in [6.45, 7) is 9.36. The molecule has 34 heavy (non-hydrogen) atoms. The zero-order valence-electron chi connectivity index (χ0n) is 20.9. The van der Waals surface area contributed by atoms with Gasteiger partial charge in [-0.15, -0.1) is 0 Å². The fourth-order valence-corrected chi connectivity index (χ4v) is 4.58. The van der Waals surface area contributed by atoms with E-state index >= 15 is 0 Å². The second-order valence-electron chi connectivity index (χ2n) is 9.48. The third-order valence-electron chi connectivity index (χ3n) is 6.41. The Morgan fingerprint density at radius 2 is 1.71 bits per heavy atom. The fraction of sp³-hybridized carbons (Fsp3) is 0.519. The molecule has 1 N–H and O–H groups in total. The molecule has 7 heteroatoms. The second-order valence-corrected chi connectivity index (χ2v) is 9.48. The van der Waals surface area contributed by atoms with Gasteiger partial charge in [0.1, 0.15) is 12.3 Å². The minimum Gasteiger partial charge on any atom is -0.460 e. The van der Waals surface area contributed by atoms with Crippen molar-refractivity contribution in [1.82, 2.24) is 9.88 Å². The lowest BCUT2D eigenvalue weighted by atomic mass is 9.88. The van der Waals surface area contributed by atoms with Crippen molar-refractivity contribution in [2.45, 2.75) is 47.0 Å². The van der Waals surface area contributed by atoms with Gasteiger partial charge in [0.05, 0.1) is 12.2 Å². The SMILES string of the molecule is COCCOC(=O)c1c(C)[nH]c(C(=O)N2CCC(C(=O)c3ccc(CC(C)C)cc3)CC2)c1C. The number of hydrogen-bond donors (Lipinski definition) is 1. The summed E-state index contributed by atoms with van der Waals surface area (Å²) in [6.07, 6.45) is 2.26. The molecule has 0 radical (unpaired) electrons. The third-order valence-corrected chi connectivity index (χ3v) is 6.41. The lowest BCUT2D eigenvalue weighted by Crippen LogP contribution is -2.40. The minimum absolute atomic E-state index is 0.0854. The predicted octanol–water partition coefficient (Wildman–Crippen LogP) is 4.37. The molecule has 0 aliphatic carbocycles. The molecule has 1 aromatic carbocycles. The molecule has 0 saturated carbocycles. The maximum Gasteiger partial charge on any atom is 0.340 e. The summed E-state index contributed by atoms with van der Waals surface area (Å²) in [7, 11) is 1.54. The van der Waals surface area contributed by atoms with Crippen molar-refractivity contribution in [2.24, 2.45) is 11.8 Å². The van der Waals surface area contributed by atoms with Crippen LogP contribution >= 0.6 is 0 Å². The highest BCUT2D eigenvalue weighted by Gasteiger charge is 2.31. The van der Waals surface area contributed by atoms with Crippen LogP contribution in [-0.2, 0) is 15.9 Å². The van der Waals surface area contributed by atoms with E-state index in [9.17, 15) is 14.4 Å². The molecule has 184 valence electrons. The molecule has 0 unspecified atom stereocenters. The lowest BCUT2D eigenvalue weighted by molar-refractivity contribution is 0.0386. The molecule has 2 aromatic rings. The Morgan fingerprint density at radius 1 is 1.06 bits per heavy atom. The van der Waals surface area contributed by atoms with Crippen molar-refractivity contribution < 1.29 is 23.9 Å². The number of benzene rings is 1. The molecular formula is C27H36N2O5. The molecule has 3 rings (SSSR count). The van der Waals surface area contributed by atoms with E-state index < -0.39 is 5.97 Å². The Morgan fingerprint density at radius 3 is 2.29 bits per heavy atom. The quantitative estimate of drug-likeness (QED) is 0.335. The summed E-state index contributed by atoms with van der Waals surface area (Å²) in [6, 6.07) is 7.94. The summed E-state index contributed by atoms with van der Waals surface area (Å²) in [5.74, 6) is 0.0217. The number of nitrogens with zero attached hydrogens (tertiary/aromatic N) is 1. The number of aromatic nitrogens is 1. The van der Waals surface area contributed by atoms with Crippen LogP contribution in [0.15, 0.2) is 24.3 Å². The number of methoxy groups -OCH3 is 1. The molecule has 0 spiro atoms. The highest BCUT2D eigenvalue weighted by Crippen LogP contribution is 2.26. The number of aromatic amines is 1. The first kappa shape index (κ1) is 25.7. The topological polar surface area (TPSA) is 88.7 Å². The summed E-state index contributed by atoms with van der Waals surface area (Å²) >= 11 is 0. The monoisotopic (exact) mass is 468 g/mol. The van der Waals surface area contributed by atoms with E-state index in [4.69, 9.17) is 9.47 Å². The smallest absolute Gasteiger partial charge is 0.340 e. The van der Waals surface area contributed by atoms with E-state index in [-0.39, 0.29) is 24.2 Å². The zero-order chi connectivity index (χ0) is 24.8. The zero-order valence-corrected chi connectivity index (χ0v) is 20.9. The van der Waals surface area contributed by atoms with Crippen molar-refractivity contribution in [1.29, 1.82) is 0 Å². The molecule has 1 aromatic heterocycles. The number of H-pyrrole nitrogens is 1. The van der Waals surface area contributed by atoms with Crippen molar-refractivity contribution in [2.75, 3.05) is 33.4 Å². The van der Waals surface area contributed by atoms with Crippen LogP contribution in [0.1, 0.15) is 74.7 Å². The summed E-state index contributed by atoms with van der Waals surface area (Å²) in [4.78, 5) is 43.4. The Hall–Kier alpha value is -2.93. The summed E-state index contributed by atoms with van der Waals surface area (Å²) < 4.78 is 10.1. The normalized spacial score (nSPS) is 14.5. The van der Waals surface area contributed by atoms with E-state index in [0.717, 1.165) is 12.0 Å². The first-order valence-corrected chi connectivity index (χ1v) is 12.0. The number of esters is 1. The van der Waals surface area contributed by atoms with Gasteiger partial charge in [-0.3, -0.25) is 9.59 Å². The Kier molecular flexibility index (Phi) is 8.67. The lowest BCUT2D eigenvalue weighted by Gasteiger charge is -2.31. The first-order chi connectivity index (χ1) is 16.2. The molecule has 0 bridgehead atoms. The number of carbonyl (C=O) groups is 3. The number of piperidine rings is 1. The molecule has 1 aliphatic heterocycles. The van der Waals surface area contributed by atoms with Gasteiger partial charge in [0.15, 0.2) is 5.78 Å². The highest BCUT2D eigenvalue weighted by atomic mass is 16.6. The van der Waals surface area contributed by atoms with Crippen LogP contribution in [0.2, 0.25) is 0 Å². The number of Topliss-reactive ketones (excluding diaryl/α,β-unsaturated/α-hetero) is 1. The van der Waals surface area contributed by atoms with Gasteiger partial charge in [-0.05, 0) is 50.2 Å². The average molecular weight is 469 g/mol. The number of rotatable bonds is 9. The average Bonchev–Trinajstić information content (AvgIpc) is 3.12. The van der Waals surface area contributed by atoms with E-state index in [1.54, 1.807) is 18.7 Å². The van der Waals surface area contributed by atoms with Crippen LogP contribution in [0.25, 0.3) is 0 Å². The van der Waals surface area contributed by atoms with Crippen LogP contribution in [0.4, 0.5) is 0 Å². The molecule has 2 heterocycles. The molecule has 0 atom stereocenters. The van der Waals surface area contributed by atoms with Gasteiger partial charge in [-0.1, -0.05) is 38.1 Å². The van der Waals surface area contributed by atoms with Crippen molar-refractivity contribution in [3.05, 3.63) is 57.9 Å². The van der Waals surface area contributed by atoms with Gasteiger partial charge in [0.25, 0.3) is 5.91 Å². The Labute approximate surface area is 201 Å². The molecule has 1 aliphatic rings. The number of hydrogen-bond acceptors (Lipinski definition) is 5. The number of amides is 1. The summed E-state index contributed by atoms with van der Waals surface area (Å²) in [5.41, 5.74) is 3.97. The van der Waals surface area contributed by atoms with E-state index in [0.29, 0.717) is 61.0 Å². The van der Waals surface area contributed by atoms with Gasteiger partial charge in [0.2, 0.25) is 0 Å². The van der Waals surface area contributed by atoms with Gasteiger partial charge < -0.3 is 19.4 Å². The number of ketones is 1.